The molecule has 0 spiro atoms. The lowest BCUT2D eigenvalue weighted by atomic mass is 9.82. The van der Waals surface area contributed by atoms with Gasteiger partial charge in [-0.1, -0.05) is 166 Å². The molecular formula is C66H43N5O. The molecule has 4 aromatic heterocycles. The monoisotopic (exact) mass is 921 g/mol. The van der Waals surface area contributed by atoms with Crippen molar-refractivity contribution in [1.29, 1.82) is 0 Å². The molecule has 0 bridgehead atoms. The van der Waals surface area contributed by atoms with Crippen molar-refractivity contribution in [2.45, 2.75) is 19.3 Å². The average Bonchev–Trinajstić information content (AvgIpc) is 4.14. The normalized spacial score (nSPS) is 13.0. The molecule has 4 heterocycles. The van der Waals surface area contributed by atoms with Crippen LogP contribution in [0.5, 0.6) is 0 Å². The standard InChI is InChI=1S/C66H43N5O/c1-66(2)55-27-14-12-25-47(55)50-36-51-49-31-29-43(35-58(49)70(59(51)38-56(50)66)45-22-10-5-11-23-45)42-30-32-61-53(34-42)54-37-52-48-26-13-15-28-57(48)71(60(52)39-62(54)72-61)46-24-16-21-44(33-46)65-68-63(40-17-6-3-7-18-40)67-64(69-65)41-19-8-4-9-20-41/h3-39H,1-2H3. The van der Waals surface area contributed by atoms with Gasteiger partial charge in [-0.15, -0.1) is 0 Å². The van der Waals surface area contributed by atoms with Gasteiger partial charge in [-0.2, -0.15) is 0 Å². The topological polar surface area (TPSA) is 61.7 Å². The Morgan fingerprint density at radius 3 is 1.65 bits per heavy atom. The first kappa shape index (κ1) is 40.5. The van der Waals surface area contributed by atoms with Gasteiger partial charge in [0, 0.05) is 71.9 Å². The Balaban J connectivity index is 0.869. The number of aromatic nitrogens is 5. The summed E-state index contributed by atoms with van der Waals surface area (Å²) < 4.78 is 11.6. The van der Waals surface area contributed by atoms with E-state index < -0.39 is 0 Å². The Kier molecular flexibility index (Phi) is 8.61. The molecule has 6 heteroatoms. The molecule has 14 aromatic rings. The Morgan fingerprint density at radius 2 is 0.875 bits per heavy atom. The van der Waals surface area contributed by atoms with Gasteiger partial charge in [0.05, 0.1) is 22.1 Å². The second-order valence-corrected chi connectivity index (χ2v) is 19.6. The van der Waals surface area contributed by atoms with Crippen LogP contribution in [0, 0.1) is 0 Å². The lowest BCUT2D eigenvalue weighted by molar-refractivity contribution is 0.661. The van der Waals surface area contributed by atoms with Crippen LogP contribution in [-0.4, -0.2) is 24.1 Å². The van der Waals surface area contributed by atoms with Crippen molar-refractivity contribution in [3.63, 3.8) is 0 Å². The third-order valence-corrected chi connectivity index (χ3v) is 15.1. The molecule has 0 atom stereocenters. The van der Waals surface area contributed by atoms with E-state index in [9.17, 15) is 0 Å². The van der Waals surface area contributed by atoms with Crippen molar-refractivity contribution >= 4 is 65.6 Å². The summed E-state index contributed by atoms with van der Waals surface area (Å²) in [5.41, 5.74) is 18.8. The van der Waals surface area contributed by atoms with Crippen LogP contribution in [0.3, 0.4) is 0 Å². The highest BCUT2D eigenvalue weighted by molar-refractivity contribution is 6.18. The highest BCUT2D eigenvalue weighted by Gasteiger charge is 2.36. The zero-order valence-electron chi connectivity index (χ0n) is 39.5. The molecule has 0 fully saturated rings. The lowest BCUT2D eigenvalue weighted by Crippen LogP contribution is -2.14. The van der Waals surface area contributed by atoms with Crippen LogP contribution in [0.15, 0.2) is 229 Å². The number of nitrogens with zero attached hydrogens (tertiary/aromatic N) is 5. The van der Waals surface area contributed by atoms with Gasteiger partial charge in [0.1, 0.15) is 11.2 Å². The third kappa shape index (κ3) is 6.05. The zero-order valence-corrected chi connectivity index (χ0v) is 39.5. The van der Waals surface area contributed by atoms with Crippen LogP contribution in [0.4, 0.5) is 0 Å². The summed E-state index contributed by atoms with van der Waals surface area (Å²) in [4.78, 5) is 15.1. The fourth-order valence-electron chi connectivity index (χ4n) is 11.7. The van der Waals surface area contributed by atoms with Crippen molar-refractivity contribution in [2.24, 2.45) is 0 Å². The summed E-state index contributed by atoms with van der Waals surface area (Å²) in [6.07, 6.45) is 0. The van der Waals surface area contributed by atoms with Gasteiger partial charge in [-0.25, -0.2) is 15.0 Å². The molecule has 0 N–H and O–H groups in total. The zero-order chi connectivity index (χ0) is 47.7. The molecule has 338 valence electrons. The Hall–Kier alpha value is -9.39. The summed E-state index contributed by atoms with van der Waals surface area (Å²) >= 11 is 0. The third-order valence-electron chi connectivity index (χ3n) is 15.1. The van der Waals surface area contributed by atoms with E-state index >= 15 is 0 Å². The van der Waals surface area contributed by atoms with E-state index in [2.05, 4.69) is 187 Å². The molecule has 1 aliphatic rings. The smallest absolute Gasteiger partial charge is 0.164 e. The molecule has 0 unspecified atom stereocenters. The number of para-hydroxylation sites is 2. The van der Waals surface area contributed by atoms with Gasteiger partial charge in [0.2, 0.25) is 0 Å². The number of hydrogen-bond donors (Lipinski definition) is 0. The van der Waals surface area contributed by atoms with Gasteiger partial charge in [-0.05, 0) is 100 Å². The van der Waals surface area contributed by atoms with E-state index in [4.69, 9.17) is 19.4 Å². The van der Waals surface area contributed by atoms with Gasteiger partial charge >= 0.3 is 0 Å². The first-order chi connectivity index (χ1) is 35.4. The maximum absolute atomic E-state index is 6.76. The van der Waals surface area contributed by atoms with Crippen LogP contribution >= 0.6 is 0 Å². The Labute approximate surface area is 414 Å². The summed E-state index contributed by atoms with van der Waals surface area (Å²) in [5, 5.41) is 6.99. The minimum absolute atomic E-state index is 0.102. The van der Waals surface area contributed by atoms with Crippen LogP contribution < -0.4 is 0 Å². The van der Waals surface area contributed by atoms with Gasteiger partial charge < -0.3 is 13.6 Å². The quantitative estimate of drug-likeness (QED) is 0.167. The SMILES string of the molecule is CC1(C)c2ccccc2-c2cc3c4ccc(-c5ccc6oc7cc8c(cc7c6c5)c5ccccc5n8-c5cccc(-c6nc(-c7ccccc7)nc(-c7ccccc7)n6)c5)cc4n(-c4ccccc4)c3cc21. The molecule has 0 aliphatic heterocycles. The molecule has 0 saturated heterocycles. The van der Waals surface area contributed by atoms with Crippen LogP contribution in [0.1, 0.15) is 25.0 Å². The summed E-state index contributed by atoms with van der Waals surface area (Å²) in [6, 6.07) is 80.1. The van der Waals surface area contributed by atoms with E-state index in [0.29, 0.717) is 17.5 Å². The largest absolute Gasteiger partial charge is 0.456 e. The number of furan rings is 1. The van der Waals surface area contributed by atoms with Crippen molar-refractivity contribution in [3.8, 4) is 67.8 Å². The molecule has 10 aromatic carbocycles. The second kappa shape index (κ2) is 15.3. The van der Waals surface area contributed by atoms with Crippen LogP contribution in [0.25, 0.3) is 133 Å². The van der Waals surface area contributed by atoms with E-state index in [1.807, 2.05) is 60.7 Å². The number of benzene rings is 10. The average molecular weight is 922 g/mol. The van der Waals surface area contributed by atoms with E-state index in [0.717, 1.165) is 77.6 Å². The number of rotatable bonds is 6. The Morgan fingerprint density at radius 1 is 0.319 bits per heavy atom. The molecular weight excluding hydrogens is 879 g/mol. The maximum atomic E-state index is 6.76. The Bertz CT molecular complexity index is 4470. The number of fused-ring (bicyclic) bond motifs is 12. The van der Waals surface area contributed by atoms with Crippen molar-refractivity contribution in [2.75, 3.05) is 0 Å². The predicted octanol–water partition coefficient (Wildman–Crippen LogP) is 16.9. The van der Waals surface area contributed by atoms with E-state index in [-0.39, 0.29) is 5.41 Å². The molecule has 0 saturated carbocycles. The first-order valence-electron chi connectivity index (χ1n) is 24.6. The molecule has 6 nitrogen and oxygen atoms in total. The van der Waals surface area contributed by atoms with Gasteiger partial charge in [-0.3, -0.25) is 0 Å². The summed E-state index contributed by atoms with van der Waals surface area (Å²) in [6.45, 7) is 4.72. The second-order valence-electron chi connectivity index (χ2n) is 19.6. The van der Waals surface area contributed by atoms with Crippen molar-refractivity contribution in [3.05, 3.63) is 236 Å². The van der Waals surface area contributed by atoms with Gasteiger partial charge in [0.25, 0.3) is 0 Å². The minimum atomic E-state index is -0.102. The first-order valence-corrected chi connectivity index (χ1v) is 24.6. The van der Waals surface area contributed by atoms with Crippen LogP contribution in [0.2, 0.25) is 0 Å². The predicted molar refractivity (Wildman–Crippen MR) is 295 cm³/mol. The highest BCUT2D eigenvalue weighted by Crippen LogP contribution is 2.51. The van der Waals surface area contributed by atoms with Crippen LogP contribution in [-0.2, 0) is 5.41 Å². The van der Waals surface area contributed by atoms with Gasteiger partial charge in [0.15, 0.2) is 17.5 Å². The maximum Gasteiger partial charge on any atom is 0.164 e. The van der Waals surface area contributed by atoms with E-state index in [1.165, 1.54) is 49.4 Å². The highest BCUT2D eigenvalue weighted by atomic mass is 16.3. The number of hydrogen-bond acceptors (Lipinski definition) is 4. The fourth-order valence-corrected chi connectivity index (χ4v) is 11.7. The van der Waals surface area contributed by atoms with Crippen molar-refractivity contribution < 1.29 is 4.42 Å². The molecule has 1 aliphatic carbocycles. The summed E-state index contributed by atoms with van der Waals surface area (Å²) in [7, 11) is 0. The lowest BCUT2D eigenvalue weighted by Gasteiger charge is -2.21. The molecule has 72 heavy (non-hydrogen) atoms. The molecule has 15 rings (SSSR count). The minimum Gasteiger partial charge on any atom is -0.456 e. The van der Waals surface area contributed by atoms with Crippen molar-refractivity contribution in [1.82, 2.24) is 24.1 Å². The van der Waals surface area contributed by atoms with E-state index in [1.54, 1.807) is 0 Å². The fraction of sp³-hybridized carbons (Fsp3) is 0.0455. The summed E-state index contributed by atoms with van der Waals surface area (Å²) in [5.74, 6) is 1.87. The molecule has 0 amide bonds. The molecule has 0 radical (unpaired) electrons.